The molecule has 0 saturated carbocycles. The van der Waals surface area contributed by atoms with Crippen LogP contribution < -0.4 is 10.2 Å². The summed E-state index contributed by atoms with van der Waals surface area (Å²) in [5, 5.41) is 2.75. The number of furan rings is 1. The maximum absolute atomic E-state index is 12.4. The first-order chi connectivity index (χ1) is 11.0. The topological polar surface area (TPSA) is 65.8 Å². The van der Waals surface area contributed by atoms with Gasteiger partial charge in [-0.3, -0.25) is 9.69 Å². The van der Waals surface area contributed by atoms with Crippen LogP contribution in [0, 0.1) is 6.92 Å². The average Bonchev–Trinajstić information content (AvgIpc) is 3.15. The number of carbonyl (C=O) groups is 2. The third kappa shape index (κ3) is 3.21. The molecule has 1 saturated heterocycles. The molecule has 0 bridgehead atoms. The van der Waals surface area contributed by atoms with E-state index in [-0.39, 0.29) is 11.9 Å². The fourth-order valence-electron chi connectivity index (χ4n) is 2.60. The van der Waals surface area contributed by atoms with Crippen LogP contribution in [0.15, 0.2) is 40.8 Å². The van der Waals surface area contributed by atoms with Crippen molar-refractivity contribution in [2.24, 2.45) is 0 Å². The Labute approximate surface area is 134 Å². The first-order valence-electron chi connectivity index (χ1n) is 7.51. The van der Waals surface area contributed by atoms with Crippen LogP contribution in [0.4, 0.5) is 10.5 Å². The van der Waals surface area contributed by atoms with E-state index in [0.717, 1.165) is 17.2 Å². The summed E-state index contributed by atoms with van der Waals surface area (Å²) in [5.41, 5.74) is 1.37. The molecule has 1 N–H and O–H groups in total. The van der Waals surface area contributed by atoms with Gasteiger partial charge in [0.05, 0.1) is 6.54 Å². The highest BCUT2D eigenvalue weighted by molar-refractivity contribution is 5.96. The number of aryl methyl sites for hydroxylation is 1. The van der Waals surface area contributed by atoms with Gasteiger partial charge in [0.2, 0.25) is 0 Å². The van der Waals surface area contributed by atoms with Gasteiger partial charge in [-0.25, -0.2) is 4.79 Å². The lowest BCUT2D eigenvalue weighted by Gasteiger charge is -2.17. The normalized spacial score (nSPS) is 14.0. The van der Waals surface area contributed by atoms with Crippen LogP contribution in [-0.2, 0) is 6.54 Å². The number of hydrogen-bond acceptors (Lipinski definition) is 3. The van der Waals surface area contributed by atoms with E-state index in [0.29, 0.717) is 25.2 Å². The SMILES string of the molecule is Cc1ccc(CN(C)C(=O)c2ccc(N3CCNC3=O)cc2)o1. The van der Waals surface area contributed by atoms with Crippen molar-refractivity contribution in [2.45, 2.75) is 13.5 Å². The molecule has 6 heteroatoms. The molecule has 1 aromatic carbocycles. The molecule has 0 spiro atoms. The predicted octanol–water partition coefficient (Wildman–Crippen LogP) is 2.39. The van der Waals surface area contributed by atoms with Gasteiger partial charge in [0.1, 0.15) is 11.5 Å². The van der Waals surface area contributed by atoms with Crippen molar-refractivity contribution in [2.75, 3.05) is 25.0 Å². The van der Waals surface area contributed by atoms with Crippen LogP contribution in [0.25, 0.3) is 0 Å². The molecule has 6 nitrogen and oxygen atoms in total. The number of anilines is 1. The van der Waals surface area contributed by atoms with Crippen molar-refractivity contribution >= 4 is 17.6 Å². The molecule has 2 aromatic rings. The zero-order valence-electron chi connectivity index (χ0n) is 13.2. The molecule has 3 rings (SSSR count). The summed E-state index contributed by atoms with van der Waals surface area (Å²) in [4.78, 5) is 27.3. The molecule has 23 heavy (non-hydrogen) atoms. The fourth-order valence-corrected chi connectivity index (χ4v) is 2.60. The van der Waals surface area contributed by atoms with Gasteiger partial charge < -0.3 is 14.6 Å². The van der Waals surface area contributed by atoms with Crippen molar-refractivity contribution in [3.05, 3.63) is 53.5 Å². The van der Waals surface area contributed by atoms with Crippen molar-refractivity contribution in [1.82, 2.24) is 10.2 Å². The number of urea groups is 1. The van der Waals surface area contributed by atoms with E-state index in [1.165, 1.54) is 0 Å². The lowest BCUT2D eigenvalue weighted by atomic mass is 10.1. The minimum atomic E-state index is -0.102. The first-order valence-corrected chi connectivity index (χ1v) is 7.51. The van der Waals surface area contributed by atoms with Crippen molar-refractivity contribution in [3.63, 3.8) is 0 Å². The molecule has 1 aliphatic rings. The molecule has 0 aliphatic carbocycles. The number of benzene rings is 1. The maximum atomic E-state index is 12.4. The van der Waals surface area contributed by atoms with E-state index in [1.54, 1.807) is 41.1 Å². The molecule has 2 heterocycles. The lowest BCUT2D eigenvalue weighted by Crippen LogP contribution is -2.28. The third-order valence-corrected chi connectivity index (χ3v) is 3.82. The Morgan fingerprint density at radius 3 is 2.57 bits per heavy atom. The number of nitrogens with zero attached hydrogens (tertiary/aromatic N) is 2. The minimum absolute atomic E-state index is 0.0866. The molecule has 0 unspecified atom stereocenters. The molecule has 120 valence electrons. The lowest BCUT2D eigenvalue weighted by molar-refractivity contribution is 0.0775. The quantitative estimate of drug-likeness (QED) is 0.942. The van der Waals surface area contributed by atoms with Gasteiger partial charge in [0, 0.05) is 31.4 Å². The van der Waals surface area contributed by atoms with Crippen LogP contribution in [-0.4, -0.2) is 37.0 Å². The van der Waals surface area contributed by atoms with Gasteiger partial charge >= 0.3 is 6.03 Å². The molecule has 0 atom stereocenters. The number of rotatable bonds is 4. The van der Waals surface area contributed by atoms with Gasteiger partial charge in [-0.1, -0.05) is 0 Å². The van der Waals surface area contributed by atoms with Crippen molar-refractivity contribution in [1.29, 1.82) is 0 Å². The van der Waals surface area contributed by atoms with Gasteiger partial charge in [-0.15, -0.1) is 0 Å². The molecular formula is C17H19N3O3. The number of nitrogens with one attached hydrogen (secondary N) is 1. The summed E-state index contributed by atoms with van der Waals surface area (Å²) >= 11 is 0. The summed E-state index contributed by atoms with van der Waals surface area (Å²) < 4.78 is 5.49. The summed E-state index contributed by atoms with van der Waals surface area (Å²) in [6.45, 7) is 3.58. The number of carbonyl (C=O) groups excluding carboxylic acids is 2. The second-order valence-electron chi connectivity index (χ2n) is 5.60. The van der Waals surface area contributed by atoms with E-state index in [9.17, 15) is 9.59 Å². The predicted molar refractivity (Wildman–Crippen MR) is 86.4 cm³/mol. The highest BCUT2D eigenvalue weighted by Gasteiger charge is 2.21. The largest absolute Gasteiger partial charge is 0.464 e. The van der Waals surface area contributed by atoms with Crippen LogP contribution in [0.5, 0.6) is 0 Å². The Hall–Kier alpha value is -2.76. The van der Waals surface area contributed by atoms with Gasteiger partial charge in [-0.2, -0.15) is 0 Å². The van der Waals surface area contributed by atoms with Gasteiger partial charge in [-0.05, 0) is 43.3 Å². The first kappa shape index (κ1) is 15.1. The molecule has 3 amide bonds. The van der Waals surface area contributed by atoms with Gasteiger partial charge in [0.15, 0.2) is 0 Å². The van der Waals surface area contributed by atoms with Crippen molar-refractivity contribution < 1.29 is 14.0 Å². The molecule has 1 aromatic heterocycles. The van der Waals surface area contributed by atoms with Crippen LogP contribution in [0.3, 0.4) is 0 Å². The van der Waals surface area contributed by atoms with E-state index in [2.05, 4.69) is 5.32 Å². The minimum Gasteiger partial charge on any atom is -0.464 e. The molecule has 1 aliphatic heterocycles. The zero-order valence-corrected chi connectivity index (χ0v) is 13.2. The van der Waals surface area contributed by atoms with Crippen molar-refractivity contribution in [3.8, 4) is 0 Å². The van der Waals surface area contributed by atoms with E-state index < -0.39 is 0 Å². The molecule has 1 fully saturated rings. The summed E-state index contributed by atoms with van der Waals surface area (Å²) in [6, 6.07) is 10.7. The summed E-state index contributed by atoms with van der Waals surface area (Å²) in [5.74, 6) is 1.49. The highest BCUT2D eigenvalue weighted by Crippen LogP contribution is 2.18. The Kier molecular flexibility index (Phi) is 4.06. The Morgan fingerprint density at radius 1 is 1.26 bits per heavy atom. The van der Waals surface area contributed by atoms with Crippen LogP contribution in [0.2, 0.25) is 0 Å². The second kappa shape index (κ2) is 6.16. The maximum Gasteiger partial charge on any atom is 0.321 e. The monoisotopic (exact) mass is 313 g/mol. The fraction of sp³-hybridized carbons (Fsp3) is 0.294. The average molecular weight is 313 g/mol. The smallest absolute Gasteiger partial charge is 0.321 e. The zero-order chi connectivity index (χ0) is 16.4. The molecule has 0 radical (unpaired) electrons. The van der Waals surface area contributed by atoms with Gasteiger partial charge in [0.25, 0.3) is 5.91 Å². The summed E-state index contributed by atoms with van der Waals surface area (Å²) in [7, 11) is 1.74. The van der Waals surface area contributed by atoms with Crippen LogP contribution >= 0.6 is 0 Å². The summed E-state index contributed by atoms with van der Waals surface area (Å²) in [6.07, 6.45) is 0. The van der Waals surface area contributed by atoms with Crippen LogP contribution in [0.1, 0.15) is 21.9 Å². The Bertz CT molecular complexity index is 721. The molecular weight excluding hydrogens is 294 g/mol. The van der Waals surface area contributed by atoms with E-state index in [4.69, 9.17) is 4.42 Å². The number of hydrogen-bond donors (Lipinski definition) is 1. The second-order valence-corrected chi connectivity index (χ2v) is 5.60. The number of amides is 3. The third-order valence-electron chi connectivity index (χ3n) is 3.82. The highest BCUT2D eigenvalue weighted by atomic mass is 16.3. The van der Waals surface area contributed by atoms with E-state index in [1.807, 2.05) is 19.1 Å². The Morgan fingerprint density at radius 2 is 2.00 bits per heavy atom. The standard InChI is InChI=1S/C17H19N3O3/c1-12-3-8-15(23-12)11-19(2)16(21)13-4-6-14(7-5-13)20-10-9-18-17(20)22/h3-8H,9-11H2,1-2H3,(H,18,22). The van der Waals surface area contributed by atoms with E-state index >= 15 is 0 Å². The Balaban J connectivity index is 1.68.